The molecule has 0 saturated carbocycles. The summed E-state index contributed by atoms with van der Waals surface area (Å²) in [7, 11) is 1.52. The summed E-state index contributed by atoms with van der Waals surface area (Å²) in [6.07, 6.45) is 0. The van der Waals surface area contributed by atoms with Gasteiger partial charge in [-0.15, -0.1) is 0 Å². The zero-order valence-corrected chi connectivity index (χ0v) is 14.1. The maximum Gasteiger partial charge on any atom is 0.261 e. The predicted molar refractivity (Wildman–Crippen MR) is 82.6 cm³/mol. The Hall–Kier alpha value is -1.11. The Kier molecular flexibility index (Phi) is 4.91. The third kappa shape index (κ3) is 4.43. The van der Waals surface area contributed by atoms with Gasteiger partial charge in [0.2, 0.25) is 0 Å². The Labute approximate surface area is 135 Å². The van der Waals surface area contributed by atoms with E-state index in [9.17, 15) is 12.8 Å². The van der Waals surface area contributed by atoms with E-state index in [4.69, 9.17) is 15.4 Å². The second-order valence-corrected chi connectivity index (χ2v) is 7.91. The number of halogens is 3. The second-order valence-electron chi connectivity index (χ2n) is 4.43. The van der Waals surface area contributed by atoms with Crippen molar-refractivity contribution in [3.8, 4) is 5.75 Å². The van der Waals surface area contributed by atoms with Gasteiger partial charge in [0, 0.05) is 15.2 Å². The number of ether oxygens (including phenoxy) is 1. The van der Waals surface area contributed by atoms with Gasteiger partial charge in [0.15, 0.2) is 0 Å². The Morgan fingerprint density at radius 2 is 1.95 bits per heavy atom. The third-order valence-electron chi connectivity index (χ3n) is 2.74. The monoisotopic (exact) mass is 392 g/mol. The lowest BCUT2D eigenvalue weighted by atomic mass is 10.2. The first kappa shape index (κ1) is 16.3. The zero-order valence-electron chi connectivity index (χ0n) is 10.9. The van der Waals surface area contributed by atoms with E-state index in [0.717, 1.165) is 0 Å². The minimum Gasteiger partial charge on any atom is -0.489 e. The Morgan fingerprint density at radius 1 is 1.24 bits per heavy atom. The van der Waals surface area contributed by atoms with Crippen LogP contribution in [0.1, 0.15) is 11.1 Å². The van der Waals surface area contributed by atoms with E-state index < -0.39 is 9.05 Å². The highest BCUT2D eigenvalue weighted by molar-refractivity contribution is 9.10. The molecule has 21 heavy (non-hydrogen) atoms. The molecule has 2 aromatic rings. The first-order valence-electron chi connectivity index (χ1n) is 5.89. The fourth-order valence-corrected chi connectivity index (χ4v) is 3.14. The first-order valence-corrected chi connectivity index (χ1v) is 8.99. The van der Waals surface area contributed by atoms with Crippen LogP contribution in [-0.2, 0) is 15.7 Å². The van der Waals surface area contributed by atoms with Crippen molar-refractivity contribution in [1.82, 2.24) is 0 Å². The Morgan fingerprint density at radius 3 is 2.52 bits per heavy atom. The molecule has 0 radical (unpaired) electrons. The molecule has 0 aromatic heterocycles. The van der Waals surface area contributed by atoms with Crippen LogP contribution in [0.2, 0.25) is 0 Å². The van der Waals surface area contributed by atoms with Crippen molar-refractivity contribution in [2.75, 3.05) is 0 Å². The zero-order chi connectivity index (χ0) is 15.6. The molecule has 0 saturated heterocycles. The molecule has 2 aromatic carbocycles. The molecule has 0 aliphatic carbocycles. The molecule has 0 N–H and O–H groups in total. The number of aryl methyl sites for hydroxylation is 1. The third-order valence-corrected chi connectivity index (χ3v) is 4.55. The van der Waals surface area contributed by atoms with Gasteiger partial charge in [-0.2, -0.15) is 0 Å². The van der Waals surface area contributed by atoms with Crippen molar-refractivity contribution < 1.29 is 17.5 Å². The van der Waals surface area contributed by atoms with Crippen molar-refractivity contribution in [3.63, 3.8) is 0 Å². The summed E-state index contributed by atoms with van der Waals surface area (Å²) < 4.78 is 41.9. The van der Waals surface area contributed by atoms with E-state index in [-0.39, 0.29) is 17.3 Å². The molecule has 0 bridgehead atoms. The van der Waals surface area contributed by atoms with E-state index in [2.05, 4.69) is 15.9 Å². The summed E-state index contributed by atoms with van der Waals surface area (Å²) in [5.74, 6) is 0.155. The summed E-state index contributed by atoms with van der Waals surface area (Å²) in [5.41, 5.74) is 1.29. The van der Waals surface area contributed by atoms with E-state index >= 15 is 0 Å². The normalized spacial score (nSPS) is 11.4. The van der Waals surface area contributed by atoms with Crippen LogP contribution < -0.4 is 4.74 Å². The van der Waals surface area contributed by atoms with E-state index in [1.807, 2.05) is 0 Å². The molecule has 0 amide bonds. The van der Waals surface area contributed by atoms with Gasteiger partial charge in [0.05, 0.1) is 4.90 Å². The van der Waals surface area contributed by atoms with Crippen LogP contribution in [0.3, 0.4) is 0 Å². The van der Waals surface area contributed by atoms with Crippen LogP contribution in [0.4, 0.5) is 4.39 Å². The van der Waals surface area contributed by atoms with Crippen molar-refractivity contribution >= 4 is 35.7 Å². The predicted octanol–water partition coefficient (Wildman–Crippen LogP) is 4.40. The van der Waals surface area contributed by atoms with Gasteiger partial charge in [-0.1, -0.05) is 15.9 Å². The number of rotatable bonds is 4. The van der Waals surface area contributed by atoms with E-state index in [0.29, 0.717) is 21.3 Å². The molecule has 0 aliphatic rings. The molecule has 2 rings (SSSR count). The SMILES string of the molecule is Cc1cc(S(=O)(=O)Cl)ccc1OCc1cc(F)cc(Br)c1. The summed E-state index contributed by atoms with van der Waals surface area (Å²) in [5, 5.41) is 0. The lowest BCUT2D eigenvalue weighted by Crippen LogP contribution is -1.99. The van der Waals surface area contributed by atoms with Gasteiger partial charge < -0.3 is 4.74 Å². The van der Waals surface area contributed by atoms with Crippen LogP contribution in [0, 0.1) is 12.7 Å². The molecule has 7 heteroatoms. The van der Waals surface area contributed by atoms with Crippen molar-refractivity contribution in [3.05, 3.63) is 57.8 Å². The Bertz CT molecular complexity index is 758. The summed E-state index contributed by atoms with van der Waals surface area (Å²) in [6.45, 7) is 1.88. The van der Waals surface area contributed by atoms with Gasteiger partial charge >= 0.3 is 0 Å². The van der Waals surface area contributed by atoms with Crippen LogP contribution in [0.15, 0.2) is 45.8 Å². The maximum atomic E-state index is 13.3. The van der Waals surface area contributed by atoms with Crippen molar-refractivity contribution in [2.45, 2.75) is 18.4 Å². The summed E-state index contributed by atoms with van der Waals surface area (Å²) >= 11 is 3.21. The molecule has 0 aliphatic heterocycles. The topological polar surface area (TPSA) is 43.4 Å². The fourth-order valence-electron chi connectivity index (χ4n) is 1.79. The Balaban J connectivity index is 2.17. The summed E-state index contributed by atoms with van der Waals surface area (Å²) in [4.78, 5) is 0.0162. The van der Waals surface area contributed by atoms with Gasteiger partial charge in [-0.25, -0.2) is 12.8 Å². The number of hydrogen-bond acceptors (Lipinski definition) is 3. The number of hydrogen-bond donors (Lipinski definition) is 0. The average molecular weight is 394 g/mol. The van der Waals surface area contributed by atoms with E-state index in [1.54, 1.807) is 13.0 Å². The van der Waals surface area contributed by atoms with Gasteiger partial charge in [0.1, 0.15) is 18.2 Å². The highest BCUT2D eigenvalue weighted by Gasteiger charge is 2.12. The second kappa shape index (κ2) is 6.34. The van der Waals surface area contributed by atoms with Crippen LogP contribution in [-0.4, -0.2) is 8.42 Å². The van der Waals surface area contributed by atoms with Crippen molar-refractivity contribution in [1.29, 1.82) is 0 Å². The maximum absolute atomic E-state index is 13.3. The first-order chi connectivity index (χ1) is 9.75. The molecule has 0 spiro atoms. The minimum absolute atomic E-state index is 0.0162. The van der Waals surface area contributed by atoms with Crippen molar-refractivity contribution in [2.24, 2.45) is 0 Å². The lowest BCUT2D eigenvalue weighted by molar-refractivity contribution is 0.303. The van der Waals surface area contributed by atoms with Gasteiger partial charge in [0.25, 0.3) is 9.05 Å². The largest absolute Gasteiger partial charge is 0.489 e. The lowest BCUT2D eigenvalue weighted by Gasteiger charge is -2.10. The summed E-state index contributed by atoms with van der Waals surface area (Å²) in [6, 6.07) is 8.80. The van der Waals surface area contributed by atoms with Gasteiger partial charge in [-0.05, 0) is 54.4 Å². The fraction of sp³-hybridized carbons (Fsp3) is 0.143. The average Bonchev–Trinajstić information content (AvgIpc) is 2.35. The quantitative estimate of drug-likeness (QED) is 0.723. The molecular weight excluding hydrogens is 383 g/mol. The van der Waals surface area contributed by atoms with E-state index in [1.165, 1.54) is 30.3 Å². The molecular formula is C14H11BrClFO3S. The molecule has 0 unspecified atom stereocenters. The van der Waals surface area contributed by atoms with Crippen LogP contribution >= 0.6 is 26.6 Å². The molecule has 112 valence electrons. The highest BCUT2D eigenvalue weighted by Crippen LogP contribution is 2.25. The molecule has 0 atom stereocenters. The van der Waals surface area contributed by atoms with Gasteiger partial charge in [-0.3, -0.25) is 0 Å². The highest BCUT2D eigenvalue weighted by atomic mass is 79.9. The molecule has 0 heterocycles. The molecule has 3 nitrogen and oxygen atoms in total. The minimum atomic E-state index is -3.76. The number of benzene rings is 2. The molecule has 0 fully saturated rings. The van der Waals surface area contributed by atoms with Crippen LogP contribution in [0.25, 0.3) is 0 Å². The van der Waals surface area contributed by atoms with Crippen LogP contribution in [0.5, 0.6) is 5.75 Å². The smallest absolute Gasteiger partial charge is 0.261 e. The standard InChI is InChI=1S/C14H11BrClFO3S/c1-9-4-13(21(16,18)19)2-3-14(9)20-8-10-5-11(15)7-12(17)6-10/h2-7H,8H2,1H3.